The van der Waals surface area contributed by atoms with Gasteiger partial charge in [0.05, 0.1) is 26.1 Å². The van der Waals surface area contributed by atoms with Gasteiger partial charge in [-0.3, -0.25) is 0 Å². The fourth-order valence-corrected chi connectivity index (χ4v) is 17.7. The molecule has 0 saturated carbocycles. The van der Waals surface area contributed by atoms with Crippen LogP contribution in [0.1, 0.15) is 13.3 Å². The Morgan fingerprint density at radius 1 is 0.517 bits per heavy atom. The number of hydrogen-bond donors (Lipinski definition) is 0. The highest BCUT2D eigenvalue weighted by molar-refractivity contribution is 8.42. The average Bonchev–Trinajstić information content (AvgIpc) is 3.31. The Labute approximate surface area is 225 Å². The van der Waals surface area contributed by atoms with Crippen molar-refractivity contribution in [3.8, 4) is 0 Å². The van der Waals surface area contributed by atoms with E-state index < -0.39 is 0 Å². The SMILES string of the molecule is CCCSC1=C(SCCSC)SC(C2SC(SCCSC)=C(SCCSC)S2)S1. The lowest BCUT2D eigenvalue weighted by atomic mass is 10.6. The van der Waals surface area contributed by atoms with E-state index in [1.165, 1.54) is 46.7 Å². The minimum absolute atomic E-state index is 0.648. The second kappa shape index (κ2) is 17.7. The maximum atomic E-state index is 2.29. The molecule has 0 aliphatic carbocycles. The van der Waals surface area contributed by atoms with Crippen molar-refractivity contribution in [3.63, 3.8) is 0 Å². The van der Waals surface area contributed by atoms with Crippen LogP contribution >= 0.6 is 129 Å². The van der Waals surface area contributed by atoms with Crippen molar-refractivity contribution in [1.82, 2.24) is 0 Å². The molecule has 0 fully saturated rings. The Morgan fingerprint density at radius 2 is 0.828 bits per heavy atom. The predicted octanol–water partition coefficient (Wildman–Crippen LogP) is 9.28. The van der Waals surface area contributed by atoms with E-state index in [1.807, 2.05) is 35.3 Å². The molecule has 0 radical (unpaired) electrons. The summed E-state index contributed by atoms with van der Waals surface area (Å²) in [5, 5.41) is 0. The minimum atomic E-state index is 0.648. The van der Waals surface area contributed by atoms with Gasteiger partial charge in [-0.1, -0.05) is 6.92 Å². The highest BCUT2D eigenvalue weighted by atomic mass is 32.3. The topological polar surface area (TPSA) is 0 Å². The molecule has 0 N–H and O–H groups in total. The van der Waals surface area contributed by atoms with Crippen LogP contribution in [0.2, 0.25) is 0 Å². The molecule has 0 saturated heterocycles. The number of rotatable bonds is 16. The zero-order valence-corrected chi connectivity index (χ0v) is 26.3. The first-order valence-corrected chi connectivity index (χ1v) is 21.0. The van der Waals surface area contributed by atoms with E-state index in [0.29, 0.717) is 9.16 Å². The maximum absolute atomic E-state index is 2.29. The number of thioether (sulfide) groups is 11. The lowest BCUT2D eigenvalue weighted by molar-refractivity contribution is 1.11. The molecule has 29 heavy (non-hydrogen) atoms. The third kappa shape index (κ3) is 10.6. The molecule has 2 aliphatic rings. The van der Waals surface area contributed by atoms with E-state index in [4.69, 9.17) is 0 Å². The minimum Gasteiger partial charge on any atom is -0.165 e. The second-order valence-electron chi connectivity index (χ2n) is 5.73. The molecular formula is C18H30S11. The summed E-state index contributed by atoms with van der Waals surface area (Å²) < 4.78 is 7.72. The molecule has 2 aliphatic heterocycles. The Balaban J connectivity index is 1.95. The molecule has 0 aromatic heterocycles. The van der Waals surface area contributed by atoms with Crippen molar-refractivity contribution in [3.05, 3.63) is 16.9 Å². The van der Waals surface area contributed by atoms with Crippen LogP contribution in [0.15, 0.2) is 16.9 Å². The highest BCUT2D eigenvalue weighted by Crippen LogP contribution is 2.64. The highest BCUT2D eigenvalue weighted by Gasteiger charge is 2.38. The molecule has 168 valence electrons. The van der Waals surface area contributed by atoms with Gasteiger partial charge in [-0.05, 0) is 30.9 Å². The van der Waals surface area contributed by atoms with Gasteiger partial charge in [0.25, 0.3) is 0 Å². The van der Waals surface area contributed by atoms with Crippen LogP contribution in [-0.4, -0.2) is 68.2 Å². The Kier molecular flexibility index (Phi) is 17.5. The molecule has 1 unspecified atom stereocenters. The molecule has 11 heteroatoms. The molecule has 0 amide bonds. The van der Waals surface area contributed by atoms with Gasteiger partial charge in [0, 0.05) is 34.5 Å². The van der Waals surface area contributed by atoms with Gasteiger partial charge in [-0.25, -0.2) is 0 Å². The van der Waals surface area contributed by atoms with Crippen molar-refractivity contribution < 1.29 is 0 Å². The van der Waals surface area contributed by atoms with Crippen molar-refractivity contribution in [2.75, 3.05) is 59.0 Å². The van der Waals surface area contributed by atoms with E-state index in [9.17, 15) is 0 Å². The lowest BCUT2D eigenvalue weighted by Gasteiger charge is -2.16. The summed E-state index contributed by atoms with van der Waals surface area (Å²) in [6.07, 6.45) is 7.90. The summed E-state index contributed by atoms with van der Waals surface area (Å²) in [6, 6.07) is 0. The summed E-state index contributed by atoms with van der Waals surface area (Å²) >= 11 is 22.9. The molecule has 2 rings (SSSR count). The smallest absolute Gasteiger partial charge is 0.0825 e. The van der Waals surface area contributed by atoms with E-state index in [1.54, 1.807) is 16.9 Å². The first kappa shape index (κ1) is 28.6. The monoisotopic (exact) mass is 598 g/mol. The van der Waals surface area contributed by atoms with Gasteiger partial charge in [0.15, 0.2) is 0 Å². The quantitative estimate of drug-likeness (QED) is 0.156. The normalized spacial score (nSPS) is 20.5. The van der Waals surface area contributed by atoms with Crippen LogP contribution in [0.5, 0.6) is 0 Å². The van der Waals surface area contributed by atoms with Gasteiger partial charge < -0.3 is 0 Å². The third-order valence-corrected chi connectivity index (χ3v) is 18.9. The van der Waals surface area contributed by atoms with Crippen LogP contribution in [-0.2, 0) is 0 Å². The fourth-order valence-electron chi connectivity index (χ4n) is 2.10. The van der Waals surface area contributed by atoms with Crippen LogP contribution in [0.3, 0.4) is 0 Å². The molecule has 0 aromatic carbocycles. The van der Waals surface area contributed by atoms with Gasteiger partial charge in [-0.2, -0.15) is 35.3 Å². The van der Waals surface area contributed by atoms with Gasteiger partial charge >= 0.3 is 0 Å². The van der Waals surface area contributed by atoms with Gasteiger partial charge in [0.1, 0.15) is 0 Å². The molecule has 0 aromatic rings. The van der Waals surface area contributed by atoms with Crippen molar-refractivity contribution in [1.29, 1.82) is 0 Å². The Bertz CT molecular complexity index is 512. The maximum Gasteiger partial charge on any atom is 0.0825 e. The van der Waals surface area contributed by atoms with Crippen LogP contribution < -0.4 is 0 Å². The van der Waals surface area contributed by atoms with E-state index in [0.717, 1.165) is 0 Å². The summed E-state index contributed by atoms with van der Waals surface area (Å²) in [5.41, 5.74) is 0. The Hall–Kier alpha value is 3.33. The molecule has 2 heterocycles. The van der Waals surface area contributed by atoms with Crippen molar-refractivity contribution in [2.45, 2.75) is 22.5 Å². The molecule has 0 bridgehead atoms. The standard InChI is InChI=1S/C18H30S11/c1-5-6-22-13-14(23-10-7-19-2)27-17(26-13)18-28-15(24-11-8-20-3)16(29-18)25-12-9-21-4/h17-18H,5-12H2,1-4H3. The summed E-state index contributed by atoms with van der Waals surface area (Å²) in [5.74, 6) is 8.69. The first-order chi connectivity index (χ1) is 14.2. The summed E-state index contributed by atoms with van der Waals surface area (Å²) in [6.45, 7) is 2.29. The zero-order chi connectivity index (χ0) is 20.9. The molecular weight excluding hydrogens is 569 g/mol. The second-order valence-corrected chi connectivity index (χ2v) is 19.3. The van der Waals surface area contributed by atoms with Crippen LogP contribution in [0.4, 0.5) is 0 Å². The fraction of sp³-hybridized carbons (Fsp3) is 0.778. The van der Waals surface area contributed by atoms with E-state index >= 15 is 0 Å². The van der Waals surface area contributed by atoms with Crippen molar-refractivity contribution in [2.24, 2.45) is 0 Å². The first-order valence-electron chi connectivity index (χ1n) is 9.36. The number of hydrogen-bond acceptors (Lipinski definition) is 11. The summed E-state index contributed by atoms with van der Waals surface area (Å²) in [4.78, 5) is 0. The third-order valence-electron chi connectivity index (χ3n) is 3.45. The summed E-state index contributed by atoms with van der Waals surface area (Å²) in [7, 11) is 0. The van der Waals surface area contributed by atoms with E-state index in [2.05, 4.69) is 120 Å². The van der Waals surface area contributed by atoms with Crippen LogP contribution in [0.25, 0.3) is 0 Å². The molecule has 1 atom stereocenters. The van der Waals surface area contributed by atoms with Gasteiger partial charge in [0.2, 0.25) is 0 Å². The zero-order valence-electron chi connectivity index (χ0n) is 17.3. The predicted molar refractivity (Wildman–Crippen MR) is 167 cm³/mol. The molecule has 0 spiro atoms. The molecule has 0 nitrogen and oxygen atoms in total. The van der Waals surface area contributed by atoms with Crippen molar-refractivity contribution >= 4 is 129 Å². The Morgan fingerprint density at radius 3 is 1.10 bits per heavy atom. The largest absolute Gasteiger partial charge is 0.165 e. The van der Waals surface area contributed by atoms with Crippen LogP contribution in [0, 0.1) is 0 Å². The van der Waals surface area contributed by atoms with E-state index in [-0.39, 0.29) is 0 Å². The average molecular weight is 599 g/mol. The lowest BCUT2D eigenvalue weighted by Crippen LogP contribution is -2.07. The van der Waals surface area contributed by atoms with Gasteiger partial charge in [-0.15, -0.1) is 94.1 Å².